The lowest BCUT2D eigenvalue weighted by atomic mass is 9.71. The number of benzene rings is 1. The standard InChI is InChI=1S/C23H38N2O2.ClH/c1-19-13-22(15-23(2,3)14-19)27-18-21(26)17-25-11-9-24(10-12-25)16-20-7-5-4-6-8-20;/h4-8,19,21-22,26H,9-18H2,1-3H3;1H/p-1. The van der Waals surface area contributed by atoms with Gasteiger partial charge in [0.05, 0.1) is 18.8 Å². The van der Waals surface area contributed by atoms with Crippen LogP contribution in [-0.2, 0) is 11.3 Å². The number of piperazine rings is 1. The maximum Gasteiger partial charge on any atom is 0.0900 e. The summed E-state index contributed by atoms with van der Waals surface area (Å²) in [5, 5.41) is 10.4. The van der Waals surface area contributed by atoms with Gasteiger partial charge in [-0.2, -0.15) is 0 Å². The first kappa shape index (κ1) is 23.6. The SMILES string of the molecule is CC1CC(OCC(O)CN2CCN(Cc3ccccc3)CC2)CC(C)(C)C1.[Cl-]. The Bertz CT molecular complexity index is 561. The van der Waals surface area contributed by atoms with E-state index in [9.17, 15) is 5.11 Å². The number of nitrogens with zero attached hydrogens (tertiary/aromatic N) is 2. The average molecular weight is 410 g/mol. The van der Waals surface area contributed by atoms with Crippen molar-refractivity contribution in [2.75, 3.05) is 39.3 Å². The molecule has 2 aliphatic rings. The smallest absolute Gasteiger partial charge is 0.0900 e. The summed E-state index contributed by atoms with van der Waals surface area (Å²) < 4.78 is 6.11. The lowest BCUT2D eigenvalue weighted by Gasteiger charge is -2.39. The van der Waals surface area contributed by atoms with Crippen LogP contribution in [0.1, 0.15) is 45.6 Å². The molecule has 0 amide bonds. The van der Waals surface area contributed by atoms with Crippen LogP contribution >= 0.6 is 0 Å². The van der Waals surface area contributed by atoms with E-state index in [1.165, 1.54) is 12.0 Å². The molecule has 160 valence electrons. The third-order valence-electron chi connectivity index (χ3n) is 6.05. The molecule has 1 aliphatic carbocycles. The van der Waals surface area contributed by atoms with Crippen molar-refractivity contribution < 1.29 is 22.3 Å². The van der Waals surface area contributed by atoms with Crippen molar-refractivity contribution in [3.63, 3.8) is 0 Å². The van der Waals surface area contributed by atoms with Gasteiger partial charge < -0.3 is 22.3 Å². The van der Waals surface area contributed by atoms with E-state index in [1.807, 2.05) is 0 Å². The van der Waals surface area contributed by atoms with Crippen LogP contribution in [0.15, 0.2) is 30.3 Å². The van der Waals surface area contributed by atoms with Gasteiger partial charge in [0, 0.05) is 39.3 Å². The molecule has 3 unspecified atom stereocenters. The molecule has 5 heteroatoms. The first-order valence-electron chi connectivity index (χ1n) is 10.7. The molecule has 2 fully saturated rings. The topological polar surface area (TPSA) is 35.9 Å². The number of aliphatic hydroxyl groups excluding tert-OH is 1. The highest BCUT2D eigenvalue weighted by Gasteiger charge is 2.32. The molecular formula is C23H38ClN2O2-. The van der Waals surface area contributed by atoms with Crippen LogP contribution in [0, 0.1) is 11.3 Å². The maximum atomic E-state index is 10.4. The Morgan fingerprint density at radius 3 is 2.36 bits per heavy atom. The van der Waals surface area contributed by atoms with Gasteiger partial charge in [-0.15, -0.1) is 0 Å². The van der Waals surface area contributed by atoms with Crippen LogP contribution in [0.5, 0.6) is 0 Å². The minimum Gasteiger partial charge on any atom is -1.00 e. The van der Waals surface area contributed by atoms with E-state index in [2.05, 4.69) is 60.9 Å². The summed E-state index contributed by atoms with van der Waals surface area (Å²) in [6.07, 6.45) is 3.45. The Kier molecular flexibility index (Phi) is 9.23. The zero-order chi connectivity index (χ0) is 19.3. The summed E-state index contributed by atoms with van der Waals surface area (Å²) in [6, 6.07) is 10.7. The summed E-state index contributed by atoms with van der Waals surface area (Å²) in [6.45, 7) is 13.4. The van der Waals surface area contributed by atoms with E-state index in [4.69, 9.17) is 4.74 Å². The first-order valence-corrected chi connectivity index (χ1v) is 10.7. The van der Waals surface area contributed by atoms with Crippen LogP contribution in [-0.4, -0.2) is 66.4 Å². The van der Waals surface area contributed by atoms with Gasteiger partial charge in [-0.05, 0) is 36.2 Å². The first-order chi connectivity index (χ1) is 12.9. The molecule has 1 N–H and O–H groups in total. The molecule has 1 heterocycles. The number of aliphatic hydroxyl groups is 1. The zero-order valence-electron chi connectivity index (χ0n) is 17.8. The number of β-amino-alcohol motifs (C(OH)–C–C–N with tert-alkyl or cyclic N) is 1. The highest BCUT2D eigenvalue weighted by molar-refractivity contribution is 5.14. The van der Waals surface area contributed by atoms with E-state index >= 15 is 0 Å². The molecule has 1 aromatic carbocycles. The molecule has 1 saturated carbocycles. The molecule has 3 rings (SSSR count). The number of hydrogen-bond acceptors (Lipinski definition) is 4. The molecule has 0 aromatic heterocycles. The van der Waals surface area contributed by atoms with Crippen molar-refractivity contribution in [1.82, 2.24) is 9.80 Å². The van der Waals surface area contributed by atoms with E-state index in [1.54, 1.807) is 0 Å². The molecule has 0 spiro atoms. The molecule has 4 nitrogen and oxygen atoms in total. The van der Waals surface area contributed by atoms with Gasteiger partial charge in [-0.1, -0.05) is 51.1 Å². The molecule has 1 aliphatic heterocycles. The molecular weight excluding hydrogens is 372 g/mol. The van der Waals surface area contributed by atoms with Crippen LogP contribution in [0.4, 0.5) is 0 Å². The number of hydrogen-bond donors (Lipinski definition) is 1. The highest BCUT2D eigenvalue weighted by atomic mass is 35.5. The Morgan fingerprint density at radius 1 is 1.07 bits per heavy atom. The number of rotatable bonds is 7. The number of ether oxygens (including phenoxy) is 1. The Labute approximate surface area is 177 Å². The predicted octanol–water partition coefficient (Wildman–Crippen LogP) is 0.401. The minimum atomic E-state index is -0.383. The van der Waals surface area contributed by atoms with Crippen molar-refractivity contribution in [2.45, 2.75) is 58.8 Å². The van der Waals surface area contributed by atoms with Crippen molar-refractivity contribution in [3.8, 4) is 0 Å². The Balaban J connectivity index is 0.00000280. The van der Waals surface area contributed by atoms with Crippen LogP contribution < -0.4 is 12.4 Å². The number of halogens is 1. The summed E-state index contributed by atoms with van der Waals surface area (Å²) in [4.78, 5) is 4.88. The summed E-state index contributed by atoms with van der Waals surface area (Å²) in [5.41, 5.74) is 1.74. The van der Waals surface area contributed by atoms with Gasteiger partial charge in [-0.25, -0.2) is 0 Å². The molecule has 1 saturated heterocycles. The van der Waals surface area contributed by atoms with Crippen LogP contribution in [0.3, 0.4) is 0 Å². The van der Waals surface area contributed by atoms with Gasteiger partial charge in [0.25, 0.3) is 0 Å². The molecule has 3 atom stereocenters. The van der Waals surface area contributed by atoms with Gasteiger partial charge in [-0.3, -0.25) is 9.80 Å². The lowest BCUT2D eigenvalue weighted by Crippen LogP contribution is -3.00. The van der Waals surface area contributed by atoms with Gasteiger partial charge >= 0.3 is 0 Å². The summed E-state index contributed by atoms with van der Waals surface area (Å²) >= 11 is 0. The summed E-state index contributed by atoms with van der Waals surface area (Å²) in [5.74, 6) is 0.716. The maximum absolute atomic E-state index is 10.4. The minimum absolute atomic E-state index is 0. The zero-order valence-corrected chi connectivity index (χ0v) is 18.6. The van der Waals surface area contributed by atoms with Gasteiger partial charge in [0.15, 0.2) is 0 Å². The Morgan fingerprint density at radius 2 is 1.71 bits per heavy atom. The molecule has 0 bridgehead atoms. The average Bonchev–Trinajstić information content (AvgIpc) is 2.61. The molecule has 28 heavy (non-hydrogen) atoms. The normalized spacial score (nSPS) is 27.1. The highest BCUT2D eigenvalue weighted by Crippen LogP contribution is 2.39. The van der Waals surface area contributed by atoms with Gasteiger partial charge in [0.2, 0.25) is 0 Å². The van der Waals surface area contributed by atoms with E-state index in [0.717, 1.165) is 52.1 Å². The largest absolute Gasteiger partial charge is 1.00 e. The van der Waals surface area contributed by atoms with Crippen molar-refractivity contribution in [2.24, 2.45) is 11.3 Å². The monoisotopic (exact) mass is 409 g/mol. The quantitative estimate of drug-likeness (QED) is 0.707. The van der Waals surface area contributed by atoms with E-state index < -0.39 is 0 Å². The molecule has 1 aromatic rings. The lowest BCUT2D eigenvalue weighted by molar-refractivity contribution is -0.0634. The van der Waals surface area contributed by atoms with Crippen LogP contribution in [0.25, 0.3) is 0 Å². The fraction of sp³-hybridized carbons (Fsp3) is 0.739. The molecule has 0 radical (unpaired) electrons. The van der Waals surface area contributed by atoms with Crippen molar-refractivity contribution in [3.05, 3.63) is 35.9 Å². The van der Waals surface area contributed by atoms with E-state index in [0.29, 0.717) is 24.0 Å². The van der Waals surface area contributed by atoms with Crippen molar-refractivity contribution in [1.29, 1.82) is 0 Å². The third kappa shape index (κ3) is 7.64. The van der Waals surface area contributed by atoms with Crippen LogP contribution in [0.2, 0.25) is 0 Å². The van der Waals surface area contributed by atoms with Crippen molar-refractivity contribution >= 4 is 0 Å². The second kappa shape index (κ2) is 10.9. The summed E-state index contributed by atoms with van der Waals surface area (Å²) in [7, 11) is 0. The van der Waals surface area contributed by atoms with E-state index in [-0.39, 0.29) is 18.5 Å². The van der Waals surface area contributed by atoms with Gasteiger partial charge in [0.1, 0.15) is 0 Å². The fourth-order valence-corrected chi connectivity index (χ4v) is 4.95. The second-order valence-electron chi connectivity index (χ2n) is 9.58. The fourth-order valence-electron chi connectivity index (χ4n) is 4.95. The second-order valence-corrected chi connectivity index (χ2v) is 9.58. The third-order valence-corrected chi connectivity index (χ3v) is 6.05. The Hall–Kier alpha value is -0.650. The predicted molar refractivity (Wildman–Crippen MR) is 111 cm³/mol.